The normalized spacial score (nSPS) is 18.7. The van der Waals surface area contributed by atoms with Crippen molar-refractivity contribution in [2.45, 2.75) is 26.0 Å². The topological polar surface area (TPSA) is 64.8 Å². The minimum atomic E-state index is 0.207. The van der Waals surface area contributed by atoms with Crippen LogP contribution in [0, 0.1) is 0 Å². The maximum Gasteiger partial charge on any atom is 0.222 e. The molecule has 1 amide bonds. The third kappa shape index (κ3) is 2.01. The predicted molar refractivity (Wildman–Crippen MR) is 65.8 cm³/mol. The Morgan fingerprint density at radius 1 is 1.39 bits per heavy atom. The van der Waals surface area contributed by atoms with E-state index in [4.69, 9.17) is 15.2 Å². The summed E-state index contributed by atoms with van der Waals surface area (Å²) in [6.07, 6.45) is 1.59. The highest BCUT2D eigenvalue weighted by atomic mass is 16.7. The molecule has 0 saturated carbocycles. The van der Waals surface area contributed by atoms with Crippen LogP contribution in [-0.4, -0.2) is 24.1 Å². The van der Waals surface area contributed by atoms with Gasteiger partial charge in [0.25, 0.3) is 0 Å². The van der Waals surface area contributed by atoms with Crippen LogP contribution in [0.2, 0.25) is 0 Å². The Morgan fingerprint density at radius 3 is 3.06 bits per heavy atom. The molecule has 2 N–H and O–H groups in total. The molecule has 3 rings (SSSR count). The summed E-state index contributed by atoms with van der Waals surface area (Å²) in [6.45, 7) is 2.17. The lowest BCUT2D eigenvalue weighted by Crippen LogP contribution is -2.25. The Labute approximate surface area is 105 Å². The summed E-state index contributed by atoms with van der Waals surface area (Å²) >= 11 is 0. The van der Waals surface area contributed by atoms with Gasteiger partial charge < -0.3 is 20.1 Å². The lowest BCUT2D eigenvalue weighted by Gasteiger charge is -2.24. The number of nitrogen functional groups attached to an aromatic ring is 1. The van der Waals surface area contributed by atoms with E-state index in [1.807, 2.05) is 17.0 Å². The van der Waals surface area contributed by atoms with Gasteiger partial charge in [-0.25, -0.2) is 0 Å². The van der Waals surface area contributed by atoms with Crippen molar-refractivity contribution < 1.29 is 14.3 Å². The van der Waals surface area contributed by atoms with Gasteiger partial charge in [0.15, 0.2) is 6.79 Å². The Bertz CT molecular complexity index is 487. The number of nitrogens with zero attached hydrogens (tertiary/aromatic N) is 1. The Morgan fingerprint density at radius 2 is 2.28 bits per heavy atom. The molecule has 2 aliphatic heterocycles. The molecule has 0 bridgehead atoms. The highest BCUT2D eigenvalue weighted by Crippen LogP contribution is 2.32. The van der Waals surface area contributed by atoms with Crippen molar-refractivity contribution in [2.24, 2.45) is 0 Å². The highest BCUT2D eigenvalue weighted by molar-refractivity contribution is 5.78. The van der Waals surface area contributed by atoms with Gasteiger partial charge in [-0.2, -0.15) is 0 Å². The molecule has 5 heteroatoms. The van der Waals surface area contributed by atoms with Crippen LogP contribution in [-0.2, 0) is 22.7 Å². The minimum Gasteiger partial charge on any atom is -0.467 e. The molecule has 0 aliphatic carbocycles. The van der Waals surface area contributed by atoms with Crippen molar-refractivity contribution in [1.29, 1.82) is 0 Å². The standard InChI is InChI=1S/C13H16N2O3/c14-11-4-9(6-15-3-1-2-12(15)16)13-10(5-11)7-17-8-18-13/h4-5H,1-3,6-8,14H2. The van der Waals surface area contributed by atoms with Crippen LogP contribution in [0.4, 0.5) is 5.69 Å². The molecule has 1 saturated heterocycles. The number of anilines is 1. The summed E-state index contributed by atoms with van der Waals surface area (Å²) in [7, 11) is 0. The number of likely N-dealkylation sites (tertiary alicyclic amines) is 1. The SMILES string of the molecule is Nc1cc2c(c(CN3CCCC3=O)c1)OCOC2. The molecule has 0 spiro atoms. The van der Waals surface area contributed by atoms with Crippen LogP contribution in [0.25, 0.3) is 0 Å². The van der Waals surface area contributed by atoms with E-state index in [0.29, 0.717) is 25.3 Å². The molecule has 1 aromatic carbocycles. The van der Waals surface area contributed by atoms with Crippen molar-refractivity contribution in [2.75, 3.05) is 19.1 Å². The first-order valence-corrected chi connectivity index (χ1v) is 6.13. The molecule has 96 valence electrons. The van der Waals surface area contributed by atoms with E-state index in [0.717, 1.165) is 29.8 Å². The second kappa shape index (κ2) is 4.49. The van der Waals surface area contributed by atoms with Gasteiger partial charge in [0.05, 0.1) is 6.61 Å². The summed E-state index contributed by atoms with van der Waals surface area (Å²) in [5.74, 6) is 1.04. The average molecular weight is 248 g/mol. The molecule has 2 heterocycles. The number of fused-ring (bicyclic) bond motifs is 1. The van der Waals surface area contributed by atoms with Gasteiger partial charge in [0, 0.05) is 36.3 Å². The zero-order valence-electron chi connectivity index (χ0n) is 10.1. The van der Waals surface area contributed by atoms with E-state index in [1.165, 1.54) is 0 Å². The molecule has 18 heavy (non-hydrogen) atoms. The number of hydrogen-bond acceptors (Lipinski definition) is 4. The van der Waals surface area contributed by atoms with Crippen molar-refractivity contribution in [3.05, 3.63) is 23.3 Å². The Balaban J connectivity index is 1.90. The van der Waals surface area contributed by atoms with Crippen molar-refractivity contribution >= 4 is 11.6 Å². The Kier molecular flexibility index (Phi) is 2.83. The van der Waals surface area contributed by atoms with Gasteiger partial charge in [-0.15, -0.1) is 0 Å². The van der Waals surface area contributed by atoms with Gasteiger partial charge in [0.2, 0.25) is 5.91 Å². The third-order valence-corrected chi connectivity index (χ3v) is 3.34. The summed E-state index contributed by atoms with van der Waals surface area (Å²) in [5.41, 5.74) is 8.50. The first kappa shape index (κ1) is 11.3. The minimum absolute atomic E-state index is 0.207. The second-order valence-electron chi connectivity index (χ2n) is 4.70. The second-order valence-corrected chi connectivity index (χ2v) is 4.70. The quantitative estimate of drug-likeness (QED) is 0.800. The average Bonchev–Trinajstić information content (AvgIpc) is 2.75. The zero-order valence-corrected chi connectivity index (χ0v) is 10.1. The zero-order chi connectivity index (χ0) is 12.5. The first-order chi connectivity index (χ1) is 8.74. The number of nitrogens with two attached hydrogens (primary N) is 1. The number of amides is 1. The maximum atomic E-state index is 11.7. The van der Waals surface area contributed by atoms with Gasteiger partial charge in [-0.05, 0) is 18.6 Å². The molecule has 5 nitrogen and oxygen atoms in total. The summed E-state index contributed by atoms with van der Waals surface area (Å²) < 4.78 is 10.8. The van der Waals surface area contributed by atoms with Crippen molar-refractivity contribution in [3.8, 4) is 5.75 Å². The number of ether oxygens (including phenoxy) is 2. The summed E-state index contributed by atoms with van der Waals surface area (Å²) in [5, 5.41) is 0. The molecule has 0 aromatic heterocycles. The molecule has 0 radical (unpaired) electrons. The molecule has 1 aromatic rings. The van der Waals surface area contributed by atoms with Crippen LogP contribution in [0.5, 0.6) is 5.75 Å². The van der Waals surface area contributed by atoms with Crippen LogP contribution in [0.3, 0.4) is 0 Å². The number of hydrogen-bond donors (Lipinski definition) is 1. The fourth-order valence-corrected chi connectivity index (χ4v) is 2.52. The van der Waals surface area contributed by atoms with Crippen LogP contribution in [0.1, 0.15) is 24.0 Å². The molecule has 1 fully saturated rings. The van der Waals surface area contributed by atoms with E-state index >= 15 is 0 Å². The maximum absolute atomic E-state index is 11.7. The van der Waals surface area contributed by atoms with E-state index < -0.39 is 0 Å². The predicted octanol–water partition coefficient (Wildman–Crippen LogP) is 1.26. The molecule has 0 unspecified atom stereocenters. The fraction of sp³-hybridized carbons (Fsp3) is 0.462. The molecular weight excluding hydrogens is 232 g/mol. The van der Waals surface area contributed by atoms with Crippen molar-refractivity contribution in [3.63, 3.8) is 0 Å². The third-order valence-electron chi connectivity index (χ3n) is 3.34. The van der Waals surface area contributed by atoms with Gasteiger partial charge in [-0.3, -0.25) is 4.79 Å². The van der Waals surface area contributed by atoms with Crippen LogP contribution < -0.4 is 10.5 Å². The van der Waals surface area contributed by atoms with Gasteiger partial charge in [-0.1, -0.05) is 0 Å². The number of carbonyl (C=O) groups is 1. The fourth-order valence-electron chi connectivity index (χ4n) is 2.52. The monoisotopic (exact) mass is 248 g/mol. The van der Waals surface area contributed by atoms with E-state index in [2.05, 4.69) is 0 Å². The smallest absolute Gasteiger partial charge is 0.222 e. The van der Waals surface area contributed by atoms with E-state index in [1.54, 1.807) is 0 Å². The van der Waals surface area contributed by atoms with Crippen molar-refractivity contribution in [1.82, 2.24) is 4.90 Å². The van der Waals surface area contributed by atoms with Crippen LogP contribution >= 0.6 is 0 Å². The summed E-state index contributed by atoms with van der Waals surface area (Å²) in [6, 6.07) is 3.75. The highest BCUT2D eigenvalue weighted by Gasteiger charge is 2.23. The molecule has 0 atom stereocenters. The molecule has 2 aliphatic rings. The first-order valence-electron chi connectivity index (χ1n) is 6.13. The molecular formula is C13H16N2O3. The number of rotatable bonds is 2. The lowest BCUT2D eigenvalue weighted by atomic mass is 10.1. The summed E-state index contributed by atoms with van der Waals surface area (Å²) in [4.78, 5) is 13.5. The number of benzene rings is 1. The lowest BCUT2D eigenvalue weighted by molar-refractivity contribution is -0.128. The Hall–Kier alpha value is -1.75. The van der Waals surface area contributed by atoms with Gasteiger partial charge >= 0.3 is 0 Å². The number of carbonyl (C=O) groups excluding carboxylic acids is 1. The van der Waals surface area contributed by atoms with Gasteiger partial charge in [0.1, 0.15) is 5.75 Å². The van der Waals surface area contributed by atoms with Crippen LogP contribution in [0.15, 0.2) is 12.1 Å². The largest absolute Gasteiger partial charge is 0.467 e. The van der Waals surface area contributed by atoms with E-state index in [-0.39, 0.29) is 12.7 Å². The van der Waals surface area contributed by atoms with E-state index in [9.17, 15) is 4.79 Å².